The number of nitrogens with zero attached hydrogens (tertiary/aromatic N) is 5. The second kappa shape index (κ2) is 10.7. The molecule has 4 heterocycles. The fourth-order valence-corrected chi connectivity index (χ4v) is 4.58. The third-order valence-electron chi connectivity index (χ3n) is 6.58. The molecule has 2 saturated heterocycles. The number of morpholine rings is 2. The quantitative estimate of drug-likeness (QED) is 0.555. The third kappa shape index (κ3) is 4.93. The van der Waals surface area contributed by atoms with Gasteiger partial charge in [-0.25, -0.2) is 4.98 Å². The Labute approximate surface area is 211 Å². The predicted molar refractivity (Wildman–Crippen MR) is 137 cm³/mol. The number of aliphatic hydroxyl groups is 1. The lowest BCUT2D eigenvalue weighted by atomic mass is 10.1. The molecule has 9 heteroatoms. The first kappa shape index (κ1) is 24.3. The van der Waals surface area contributed by atoms with Gasteiger partial charge in [0.1, 0.15) is 17.3 Å². The van der Waals surface area contributed by atoms with Gasteiger partial charge in [-0.2, -0.15) is 9.97 Å². The Balaban J connectivity index is 1.56. The highest BCUT2D eigenvalue weighted by atomic mass is 16.5. The summed E-state index contributed by atoms with van der Waals surface area (Å²) in [5.74, 6) is 8.46. The van der Waals surface area contributed by atoms with Gasteiger partial charge < -0.3 is 29.1 Å². The first-order valence-electron chi connectivity index (χ1n) is 12.2. The van der Waals surface area contributed by atoms with Crippen molar-refractivity contribution in [1.29, 1.82) is 0 Å². The van der Waals surface area contributed by atoms with Gasteiger partial charge in [0.05, 0.1) is 57.6 Å². The summed E-state index contributed by atoms with van der Waals surface area (Å²) in [5.41, 5.74) is 2.70. The van der Waals surface area contributed by atoms with Crippen LogP contribution in [-0.2, 0) is 16.1 Å². The van der Waals surface area contributed by atoms with Crippen molar-refractivity contribution in [3.8, 4) is 17.6 Å². The van der Waals surface area contributed by atoms with Crippen LogP contribution in [0.3, 0.4) is 0 Å². The van der Waals surface area contributed by atoms with Gasteiger partial charge in [0, 0.05) is 24.2 Å². The minimum Gasteiger partial charge on any atom is -0.496 e. The second-order valence-corrected chi connectivity index (χ2v) is 9.08. The minimum absolute atomic E-state index is 0.116. The van der Waals surface area contributed by atoms with Crippen LogP contribution in [0.1, 0.15) is 30.7 Å². The van der Waals surface area contributed by atoms with E-state index in [1.54, 1.807) is 7.11 Å². The van der Waals surface area contributed by atoms with Crippen molar-refractivity contribution in [3.63, 3.8) is 0 Å². The summed E-state index contributed by atoms with van der Waals surface area (Å²) in [6, 6.07) is 9.77. The molecular formula is C27H31N5O4. The van der Waals surface area contributed by atoms with Crippen molar-refractivity contribution in [2.75, 3.05) is 56.4 Å². The zero-order chi connectivity index (χ0) is 25.1. The molecule has 2 aliphatic heterocycles. The van der Waals surface area contributed by atoms with E-state index >= 15 is 0 Å². The van der Waals surface area contributed by atoms with E-state index in [4.69, 9.17) is 29.2 Å². The first-order chi connectivity index (χ1) is 17.6. The van der Waals surface area contributed by atoms with Crippen LogP contribution in [-0.4, -0.2) is 78.8 Å². The Morgan fingerprint density at radius 1 is 0.972 bits per heavy atom. The maximum atomic E-state index is 9.60. The fraction of sp³-hybridized carbons (Fsp3) is 0.444. The molecule has 188 valence electrons. The van der Waals surface area contributed by atoms with Gasteiger partial charge in [0.25, 0.3) is 0 Å². The second-order valence-electron chi connectivity index (χ2n) is 9.08. The number of aliphatic hydroxyl groups excluding tert-OH is 1. The Kier molecular flexibility index (Phi) is 7.18. The van der Waals surface area contributed by atoms with E-state index in [-0.39, 0.29) is 18.7 Å². The van der Waals surface area contributed by atoms with Crippen LogP contribution in [0, 0.1) is 11.8 Å². The molecule has 0 bridgehead atoms. The third-order valence-corrected chi connectivity index (χ3v) is 6.58. The summed E-state index contributed by atoms with van der Waals surface area (Å²) in [6.07, 6.45) is 0. The van der Waals surface area contributed by atoms with Crippen molar-refractivity contribution in [1.82, 2.24) is 15.0 Å². The number of pyridine rings is 1. The van der Waals surface area contributed by atoms with E-state index in [0.29, 0.717) is 55.0 Å². The smallest absolute Gasteiger partial charge is 0.229 e. The molecule has 9 nitrogen and oxygen atoms in total. The van der Waals surface area contributed by atoms with Crippen molar-refractivity contribution in [3.05, 3.63) is 47.2 Å². The van der Waals surface area contributed by atoms with Crippen LogP contribution in [0.2, 0.25) is 0 Å². The van der Waals surface area contributed by atoms with Gasteiger partial charge in [-0.1, -0.05) is 5.92 Å². The number of rotatable bonds is 4. The number of hydrogen-bond acceptors (Lipinski definition) is 9. The maximum Gasteiger partial charge on any atom is 0.229 e. The molecule has 1 aromatic carbocycles. The normalized spacial score (nSPS) is 20.2. The van der Waals surface area contributed by atoms with E-state index in [1.807, 2.05) is 30.3 Å². The zero-order valence-corrected chi connectivity index (χ0v) is 20.9. The average molecular weight is 490 g/mol. The van der Waals surface area contributed by atoms with Crippen LogP contribution >= 0.6 is 0 Å². The lowest BCUT2D eigenvalue weighted by Crippen LogP contribution is -2.46. The van der Waals surface area contributed by atoms with Crippen molar-refractivity contribution >= 4 is 22.8 Å². The molecular weight excluding hydrogens is 458 g/mol. The Morgan fingerprint density at radius 2 is 1.72 bits per heavy atom. The summed E-state index contributed by atoms with van der Waals surface area (Å²) in [4.78, 5) is 19.2. The lowest BCUT2D eigenvalue weighted by molar-refractivity contribution is 0.0973. The molecule has 2 aliphatic rings. The molecule has 36 heavy (non-hydrogen) atoms. The summed E-state index contributed by atoms with van der Waals surface area (Å²) in [6.45, 7) is 8.24. The SMILES string of the molecule is COc1ccc(C#Cc2ccc3c(N4CCOC[C@@H]4C)nc(N4CCOC[C@@H]4C)nc3n2)cc1CO. The van der Waals surface area contributed by atoms with E-state index in [2.05, 4.69) is 35.5 Å². The maximum absolute atomic E-state index is 9.60. The molecule has 0 unspecified atom stereocenters. The van der Waals surface area contributed by atoms with Crippen LogP contribution in [0.4, 0.5) is 11.8 Å². The molecule has 0 aliphatic carbocycles. The number of anilines is 2. The van der Waals surface area contributed by atoms with Crippen molar-refractivity contribution in [2.45, 2.75) is 32.5 Å². The van der Waals surface area contributed by atoms with E-state index in [1.165, 1.54) is 0 Å². The van der Waals surface area contributed by atoms with Crippen LogP contribution in [0.25, 0.3) is 11.0 Å². The summed E-state index contributed by atoms with van der Waals surface area (Å²) in [5, 5.41) is 10.5. The number of benzene rings is 1. The highest BCUT2D eigenvalue weighted by Gasteiger charge is 2.27. The number of aromatic nitrogens is 3. The zero-order valence-electron chi connectivity index (χ0n) is 20.9. The van der Waals surface area contributed by atoms with Crippen LogP contribution < -0.4 is 14.5 Å². The average Bonchev–Trinajstić information content (AvgIpc) is 2.91. The number of fused-ring (bicyclic) bond motifs is 1. The van der Waals surface area contributed by atoms with Gasteiger partial charge in [-0.05, 0) is 50.1 Å². The fourth-order valence-electron chi connectivity index (χ4n) is 4.58. The summed E-state index contributed by atoms with van der Waals surface area (Å²) >= 11 is 0. The molecule has 0 spiro atoms. The number of methoxy groups -OCH3 is 1. The Hall–Kier alpha value is -3.45. The molecule has 0 amide bonds. The molecule has 2 aromatic heterocycles. The van der Waals surface area contributed by atoms with Crippen molar-refractivity contribution in [2.24, 2.45) is 0 Å². The molecule has 3 aromatic rings. The monoisotopic (exact) mass is 489 g/mol. The molecule has 0 saturated carbocycles. The molecule has 2 atom stereocenters. The van der Waals surface area contributed by atoms with Gasteiger partial charge in [0.15, 0.2) is 5.65 Å². The Morgan fingerprint density at radius 3 is 2.42 bits per heavy atom. The minimum atomic E-state index is -0.116. The van der Waals surface area contributed by atoms with E-state index in [9.17, 15) is 5.11 Å². The Bertz CT molecular complexity index is 1300. The van der Waals surface area contributed by atoms with Gasteiger partial charge in [-0.15, -0.1) is 0 Å². The number of ether oxygens (including phenoxy) is 3. The molecule has 0 radical (unpaired) electrons. The molecule has 1 N–H and O–H groups in total. The van der Waals surface area contributed by atoms with Crippen molar-refractivity contribution < 1.29 is 19.3 Å². The topological polar surface area (TPSA) is 93.1 Å². The van der Waals surface area contributed by atoms with Crippen LogP contribution in [0.15, 0.2) is 30.3 Å². The van der Waals surface area contributed by atoms with E-state index in [0.717, 1.165) is 29.9 Å². The molecule has 2 fully saturated rings. The van der Waals surface area contributed by atoms with Gasteiger partial charge in [0.2, 0.25) is 5.95 Å². The van der Waals surface area contributed by atoms with E-state index < -0.39 is 0 Å². The standard InChI is InChI=1S/C27H31N5O4/c1-18-16-35-12-10-31(18)26-23-8-7-22(6-4-20-5-9-24(34-3)21(14-20)15-33)28-25(23)29-27(30-26)32-11-13-36-17-19(32)2/h5,7-9,14,18-19,33H,10-13,15-17H2,1-3H3/t18-,19-/m0/s1. The largest absolute Gasteiger partial charge is 0.496 e. The summed E-state index contributed by atoms with van der Waals surface area (Å²) < 4.78 is 16.6. The first-order valence-corrected chi connectivity index (χ1v) is 12.2. The summed E-state index contributed by atoms with van der Waals surface area (Å²) in [7, 11) is 1.58. The molecule has 5 rings (SSSR count). The van der Waals surface area contributed by atoms with Crippen LogP contribution in [0.5, 0.6) is 5.75 Å². The van der Waals surface area contributed by atoms with Gasteiger partial charge in [-0.3, -0.25) is 0 Å². The highest BCUT2D eigenvalue weighted by molar-refractivity contribution is 5.88. The number of hydrogen-bond donors (Lipinski definition) is 1. The van der Waals surface area contributed by atoms with Gasteiger partial charge >= 0.3 is 0 Å². The lowest BCUT2D eigenvalue weighted by Gasteiger charge is -2.37. The highest BCUT2D eigenvalue weighted by Crippen LogP contribution is 2.29. The predicted octanol–water partition coefficient (Wildman–Crippen LogP) is 2.38.